The molecule has 0 atom stereocenters. The summed E-state index contributed by atoms with van der Waals surface area (Å²) in [6.07, 6.45) is 0. The molecule has 0 aliphatic heterocycles. The van der Waals surface area contributed by atoms with E-state index in [2.05, 4.69) is 0 Å². The zero-order valence-corrected chi connectivity index (χ0v) is 63.2. The van der Waals surface area contributed by atoms with Crippen molar-refractivity contribution in [3.8, 4) is 17.2 Å². The molecule has 0 amide bonds. The molecule has 0 bridgehead atoms. The molecular formula is C90H75BO12Si3. The van der Waals surface area contributed by atoms with Crippen LogP contribution in [0.3, 0.4) is 0 Å². The first-order valence-corrected chi connectivity index (χ1v) is 40.8. The van der Waals surface area contributed by atoms with Crippen LogP contribution in [0, 0.1) is 62.3 Å². The minimum absolute atomic E-state index is 0.0609. The lowest BCUT2D eigenvalue weighted by atomic mass is 10.1. The van der Waals surface area contributed by atoms with Crippen LogP contribution in [0.4, 0.5) is 0 Å². The van der Waals surface area contributed by atoms with Gasteiger partial charge in [0, 0.05) is 50.1 Å². The fourth-order valence-electron chi connectivity index (χ4n) is 14.1. The normalized spacial score (nSPS) is 11.4. The van der Waals surface area contributed by atoms with Crippen molar-refractivity contribution in [3.63, 3.8) is 0 Å². The summed E-state index contributed by atoms with van der Waals surface area (Å²) < 4.78 is 20.2. The van der Waals surface area contributed by atoms with Gasteiger partial charge in [-0.15, -0.1) is 0 Å². The second kappa shape index (κ2) is 31.0. The number of benzene rings is 12. The highest BCUT2D eigenvalue weighted by molar-refractivity contribution is 7.50. The van der Waals surface area contributed by atoms with Gasteiger partial charge in [0.25, 0.3) is 0 Å². The molecule has 16 heteroatoms. The van der Waals surface area contributed by atoms with Gasteiger partial charge in [-0.05, 0) is 164 Å². The van der Waals surface area contributed by atoms with Crippen LogP contribution in [-0.2, 0) is 0 Å². The zero-order valence-electron chi connectivity index (χ0n) is 60.2. The van der Waals surface area contributed by atoms with Crippen molar-refractivity contribution in [2.24, 2.45) is 0 Å². The van der Waals surface area contributed by atoms with Crippen molar-refractivity contribution >= 4 is 95.8 Å². The van der Waals surface area contributed by atoms with E-state index in [-0.39, 0.29) is 82.9 Å². The van der Waals surface area contributed by atoms with Crippen LogP contribution in [0.15, 0.2) is 291 Å². The van der Waals surface area contributed by atoms with Gasteiger partial charge in [0.1, 0.15) is 17.2 Å². The maximum absolute atomic E-state index is 16.0. The van der Waals surface area contributed by atoms with Gasteiger partial charge in [-0.3, -0.25) is 43.2 Å². The monoisotopic (exact) mass is 1440 g/mol. The largest absolute Gasteiger partial charge is 0.864 e. The Balaban J connectivity index is 1.03. The molecule has 12 aromatic rings. The van der Waals surface area contributed by atoms with Crippen LogP contribution in [0.2, 0.25) is 0 Å². The Hall–Kier alpha value is -12.2. The lowest BCUT2D eigenvalue weighted by Gasteiger charge is -2.30. The summed E-state index contributed by atoms with van der Waals surface area (Å²) in [5, 5.41) is -5.00. The number of hydrogen-bond donors (Lipinski definition) is 0. The first kappa shape index (κ1) is 73.5. The van der Waals surface area contributed by atoms with Gasteiger partial charge in [0.15, 0.2) is 48.7 Å². The molecule has 0 spiro atoms. The molecule has 0 heterocycles. The van der Waals surface area contributed by atoms with Gasteiger partial charge in [-0.25, -0.2) is 0 Å². The summed E-state index contributed by atoms with van der Waals surface area (Å²) in [4.78, 5) is 144. The van der Waals surface area contributed by atoms with E-state index in [4.69, 9.17) is 14.0 Å². The van der Waals surface area contributed by atoms with Crippen molar-refractivity contribution in [3.05, 3.63) is 391 Å². The molecule has 0 fully saturated rings. The van der Waals surface area contributed by atoms with Crippen LogP contribution < -0.4 is 29.5 Å². The topological polar surface area (TPSA) is 181 Å². The summed E-state index contributed by atoms with van der Waals surface area (Å²) in [5.74, 6) is 0.183. The predicted molar refractivity (Wildman–Crippen MR) is 423 cm³/mol. The van der Waals surface area contributed by atoms with Crippen LogP contribution >= 0.6 is 0 Å². The smallest absolute Gasteiger partial charge is 0.490 e. The Bertz CT molecular complexity index is 4540. The van der Waals surface area contributed by atoms with E-state index in [0.717, 1.165) is 0 Å². The molecule has 522 valence electrons. The van der Waals surface area contributed by atoms with Crippen molar-refractivity contribution in [2.45, 2.75) is 62.3 Å². The number of hydrogen-bond acceptors (Lipinski definition) is 12. The van der Waals surface area contributed by atoms with Crippen LogP contribution in [0.5, 0.6) is 17.2 Å². The molecule has 0 aliphatic rings. The van der Waals surface area contributed by atoms with Crippen molar-refractivity contribution in [1.82, 2.24) is 0 Å². The minimum Gasteiger partial charge on any atom is -0.490 e. The Morgan fingerprint density at radius 3 is 0.434 bits per heavy atom. The van der Waals surface area contributed by atoms with Gasteiger partial charge >= 0.3 is 31.5 Å². The van der Waals surface area contributed by atoms with E-state index in [1.54, 1.807) is 317 Å². The van der Waals surface area contributed by atoms with E-state index < -0.39 is 80.2 Å². The molecule has 12 nitrogen and oxygen atoms in total. The summed E-state index contributed by atoms with van der Waals surface area (Å²) in [6, 6.07) is 80.3. The highest BCUT2D eigenvalue weighted by Crippen LogP contribution is 2.34. The third-order valence-electron chi connectivity index (χ3n) is 20.1. The average molecular weight is 1440 g/mol. The Labute approximate surface area is 619 Å². The van der Waals surface area contributed by atoms with Crippen LogP contribution in [-0.4, -0.2) is 80.2 Å². The Kier molecular flexibility index (Phi) is 21.5. The number of aryl methyl sites for hydroxylation is 9. The van der Waals surface area contributed by atoms with Crippen molar-refractivity contribution < 1.29 is 57.1 Å². The molecule has 0 aromatic heterocycles. The van der Waals surface area contributed by atoms with Gasteiger partial charge in [-0.1, -0.05) is 255 Å². The van der Waals surface area contributed by atoms with Crippen molar-refractivity contribution in [2.75, 3.05) is 0 Å². The summed E-state index contributed by atoms with van der Waals surface area (Å²) in [7, 11) is -16.5. The first-order chi connectivity index (χ1) is 51.1. The van der Waals surface area contributed by atoms with Gasteiger partial charge < -0.3 is 14.0 Å². The van der Waals surface area contributed by atoms with E-state index >= 15 is 43.2 Å². The van der Waals surface area contributed by atoms with Crippen LogP contribution in [0.25, 0.3) is 0 Å². The van der Waals surface area contributed by atoms with E-state index in [0.29, 0.717) is 50.1 Å². The number of rotatable bonds is 27. The number of carbonyl (C=O) groups is 9. The molecule has 0 saturated carbocycles. The third-order valence-corrected chi connectivity index (χ3v) is 32.3. The molecular weight excluding hydrogens is 1370 g/mol. The maximum atomic E-state index is 16.0. The molecule has 0 radical (unpaired) electrons. The first-order valence-electron chi connectivity index (χ1n) is 34.8. The van der Waals surface area contributed by atoms with E-state index in [1.807, 2.05) is 0 Å². The zero-order chi connectivity index (χ0) is 75.2. The molecule has 12 aromatic carbocycles. The average Bonchev–Trinajstić information content (AvgIpc) is 0.738. The molecule has 0 saturated heterocycles. The maximum Gasteiger partial charge on any atom is 0.864 e. The third kappa shape index (κ3) is 13.5. The number of carbonyl (C=O) groups excluding carboxylic acids is 9. The Morgan fingerprint density at radius 2 is 0.311 bits per heavy atom. The SMILES string of the molecule is Cc1ccccc1C(=O)[Si](C(=O)c1ccccc1C)(C(=O)c1ccccc1C)c1ccc(OB(Oc2ccc([Si](C(=O)c3ccccc3C)(C(=O)c3ccccc3C)C(=O)c3ccccc3C)cc2)Oc2ccc([Si](C(=O)c3ccccc3C)(C(=O)c3ccccc3C)C(=O)c3ccccc3C)cc2)cc1. The van der Waals surface area contributed by atoms with Crippen molar-refractivity contribution in [1.29, 1.82) is 0 Å². The van der Waals surface area contributed by atoms with E-state index in [9.17, 15) is 0 Å². The van der Waals surface area contributed by atoms with Crippen LogP contribution in [0.1, 0.15) is 143 Å². The standard InChI is InChI=1S/C90H75BO12Si3/c1-58-28-10-19-37-73(58)82(92)104(83(93)74-38-20-11-29-59(74)2,84(94)75-39-21-12-30-60(75)3)70-52-46-67(47-53-70)101-91(102-68-48-54-71(55-49-68)105(85(95)76-40-22-13-31-61(76)4,86(96)77-41-23-14-32-62(77)5)87(97)78-42-24-15-33-63(78)6)103-69-50-56-72(57-51-69)106(88(98)79-43-25-16-34-64(79)7,89(99)80-44-26-17-35-65(80)8)90(100)81-45-27-18-36-66(81)9/h10-57H,1-9H3. The highest BCUT2D eigenvalue weighted by atomic mass is 28.3. The predicted octanol–water partition coefficient (Wildman–Crippen LogP) is 15.8. The minimum atomic E-state index is -4.90. The molecule has 106 heavy (non-hydrogen) atoms. The second-order valence-electron chi connectivity index (χ2n) is 26.8. The molecule has 12 rings (SSSR count). The second-order valence-corrected chi connectivity index (χ2v) is 37.1. The molecule has 0 N–H and O–H groups in total. The van der Waals surface area contributed by atoms with Gasteiger partial charge in [-0.2, -0.15) is 0 Å². The van der Waals surface area contributed by atoms with Gasteiger partial charge in [0.05, 0.1) is 0 Å². The highest BCUT2D eigenvalue weighted by Gasteiger charge is 2.62. The lowest BCUT2D eigenvalue weighted by molar-refractivity contribution is 0.0963. The summed E-state index contributed by atoms with van der Waals surface area (Å²) in [6.45, 7) is 15.9. The lowest BCUT2D eigenvalue weighted by Crippen LogP contribution is -2.68. The Morgan fingerprint density at radius 1 is 0.189 bits per heavy atom. The van der Waals surface area contributed by atoms with E-state index in [1.165, 1.54) is 36.4 Å². The summed E-state index contributed by atoms with van der Waals surface area (Å²) in [5.41, 5.74) is 7.09. The quantitative estimate of drug-likeness (QED) is 0.0445. The fourth-order valence-corrected chi connectivity index (χ4v) is 26.5. The fraction of sp³-hybridized carbons (Fsp3) is 0.100. The molecule has 0 unspecified atom stereocenters. The molecule has 0 aliphatic carbocycles. The summed E-state index contributed by atoms with van der Waals surface area (Å²) >= 11 is 0. The van der Waals surface area contributed by atoms with Gasteiger partial charge in [0.2, 0.25) is 0 Å².